The van der Waals surface area contributed by atoms with Crippen molar-refractivity contribution in [3.05, 3.63) is 34.9 Å². The summed E-state index contributed by atoms with van der Waals surface area (Å²) in [4.78, 5) is 10.4. The highest BCUT2D eigenvalue weighted by atomic mass is 35.5. The molecule has 0 bridgehead atoms. The Morgan fingerprint density at radius 1 is 1.44 bits per heavy atom. The van der Waals surface area contributed by atoms with Crippen LogP contribution in [0.25, 0.3) is 0 Å². The van der Waals surface area contributed by atoms with Gasteiger partial charge in [-0.3, -0.25) is 4.79 Å². The molecule has 1 rings (SSSR count). The van der Waals surface area contributed by atoms with E-state index in [0.717, 1.165) is 5.56 Å². The van der Waals surface area contributed by atoms with Crippen LogP contribution in [0.15, 0.2) is 24.3 Å². The van der Waals surface area contributed by atoms with E-state index < -0.39 is 0 Å². The van der Waals surface area contributed by atoms with Gasteiger partial charge in [0.2, 0.25) is 0 Å². The maximum Gasteiger partial charge on any atom is 0.293 e. The Morgan fingerprint density at radius 2 is 2.17 bits per heavy atom. The highest BCUT2D eigenvalue weighted by Gasteiger charge is 2.12. The first-order valence-corrected chi connectivity index (χ1v) is 7.69. The number of ether oxygens (including phenoxy) is 1. The van der Waals surface area contributed by atoms with Gasteiger partial charge in [0.1, 0.15) is 6.10 Å². The Labute approximate surface area is 116 Å². The fraction of sp³-hybridized carbons (Fsp3) is 0.462. The second-order valence-corrected chi connectivity index (χ2v) is 4.25. The molecule has 0 aromatic heterocycles. The third-order valence-electron chi connectivity index (χ3n) is 2.07. The lowest BCUT2D eigenvalue weighted by molar-refractivity contribution is -0.134. The fourth-order valence-electron chi connectivity index (χ4n) is 1.36. The van der Waals surface area contributed by atoms with Crippen molar-refractivity contribution in [3.63, 3.8) is 0 Å². The van der Waals surface area contributed by atoms with Crippen molar-refractivity contribution >= 4 is 26.9 Å². The molecular formula is C13H20ClO3P. The molecule has 0 radical (unpaired) electrons. The number of halogens is 1. The van der Waals surface area contributed by atoms with Gasteiger partial charge in [0.05, 0.1) is 6.61 Å². The van der Waals surface area contributed by atoms with E-state index in [9.17, 15) is 4.79 Å². The van der Waals surface area contributed by atoms with Gasteiger partial charge in [-0.1, -0.05) is 37.6 Å². The van der Waals surface area contributed by atoms with E-state index in [2.05, 4.69) is 0 Å². The molecule has 2 atom stereocenters. The topological polar surface area (TPSA) is 35.5 Å². The highest BCUT2D eigenvalue weighted by Crippen LogP contribution is 2.24. The number of benzene rings is 1. The van der Waals surface area contributed by atoms with Gasteiger partial charge >= 0.3 is 0 Å². The van der Waals surface area contributed by atoms with Gasteiger partial charge in [0, 0.05) is 20.3 Å². The number of carbonyl (C=O) groups excluding carboxylic acids is 1. The Morgan fingerprint density at radius 3 is 2.72 bits per heavy atom. The first kappa shape index (κ1) is 17.4. The zero-order valence-corrected chi connectivity index (χ0v) is 12.7. The molecule has 1 unspecified atom stereocenters. The quantitative estimate of drug-likeness (QED) is 0.429. The van der Waals surface area contributed by atoms with Gasteiger partial charge in [0.25, 0.3) is 6.47 Å². The maximum atomic E-state index is 10.4. The molecule has 0 saturated carbocycles. The molecular weight excluding hydrogens is 271 g/mol. The molecule has 0 aliphatic heterocycles. The summed E-state index contributed by atoms with van der Waals surface area (Å²) in [6.07, 6.45) is 0.354. The number of hydrogen-bond donors (Lipinski definition) is 0. The third kappa shape index (κ3) is 6.95. The van der Waals surface area contributed by atoms with Crippen LogP contribution in [-0.4, -0.2) is 19.7 Å². The molecule has 0 aliphatic carbocycles. The van der Waals surface area contributed by atoms with E-state index in [4.69, 9.17) is 20.9 Å². The normalized spacial score (nSPS) is 11.8. The second kappa shape index (κ2) is 11.5. The van der Waals surface area contributed by atoms with E-state index in [1.54, 1.807) is 12.1 Å². The molecule has 0 fully saturated rings. The zero-order chi connectivity index (χ0) is 13.8. The Balaban J connectivity index is 0.00000137. The molecule has 1 aromatic rings. The molecule has 5 heteroatoms. The van der Waals surface area contributed by atoms with Crippen molar-refractivity contribution in [2.45, 2.75) is 26.4 Å². The van der Waals surface area contributed by atoms with E-state index in [1.165, 1.54) is 0 Å². The fourth-order valence-corrected chi connectivity index (χ4v) is 1.88. The van der Waals surface area contributed by atoms with Gasteiger partial charge in [-0.2, -0.15) is 0 Å². The SMILES string of the molecule is CC.CPOCC[C@@H](OC=O)c1cccc(Cl)c1. The van der Waals surface area contributed by atoms with Crippen molar-refractivity contribution in [2.24, 2.45) is 0 Å². The summed E-state index contributed by atoms with van der Waals surface area (Å²) in [5.41, 5.74) is 0.891. The van der Waals surface area contributed by atoms with Crippen molar-refractivity contribution in [3.8, 4) is 0 Å². The lowest BCUT2D eigenvalue weighted by Crippen LogP contribution is -2.06. The Hall–Kier alpha value is -0.630. The zero-order valence-electron chi connectivity index (χ0n) is 11.0. The largest absolute Gasteiger partial charge is 0.460 e. The second-order valence-electron chi connectivity index (χ2n) is 3.12. The van der Waals surface area contributed by atoms with Crippen LogP contribution in [0.1, 0.15) is 31.9 Å². The van der Waals surface area contributed by atoms with Gasteiger partial charge in [-0.05, 0) is 24.4 Å². The average Bonchev–Trinajstić information content (AvgIpc) is 2.40. The molecule has 0 amide bonds. The highest BCUT2D eigenvalue weighted by molar-refractivity contribution is 7.31. The molecule has 0 saturated heterocycles. The van der Waals surface area contributed by atoms with E-state index in [1.807, 2.05) is 32.6 Å². The van der Waals surface area contributed by atoms with Gasteiger partial charge in [-0.15, -0.1) is 0 Å². The molecule has 0 spiro atoms. The van der Waals surface area contributed by atoms with Gasteiger partial charge in [-0.25, -0.2) is 0 Å². The van der Waals surface area contributed by atoms with Crippen LogP contribution in [0.4, 0.5) is 0 Å². The first-order valence-electron chi connectivity index (χ1n) is 5.91. The van der Waals surface area contributed by atoms with Crippen molar-refractivity contribution in [1.29, 1.82) is 0 Å². The lowest BCUT2D eigenvalue weighted by Gasteiger charge is -2.15. The van der Waals surface area contributed by atoms with E-state index in [-0.39, 0.29) is 6.10 Å². The average molecular weight is 291 g/mol. The predicted octanol–water partition coefficient (Wildman–Crippen LogP) is 4.21. The smallest absolute Gasteiger partial charge is 0.293 e. The monoisotopic (exact) mass is 290 g/mol. The Bertz CT molecular complexity index is 334. The molecule has 0 aliphatic rings. The van der Waals surface area contributed by atoms with Gasteiger partial charge < -0.3 is 9.26 Å². The lowest BCUT2D eigenvalue weighted by atomic mass is 10.1. The number of hydrogen-bond acceptors (Lipinski definition) is 3. The molecule has 1 aromatic carbocycles. The summed E-state index contributed by atoms with van der Waals surface area (Å²) >= 11 is 5.88. The van der Waals surface area contributed by atoms with Crippen LogP contribution in [0.2, 0.25) is 5.02 Å². The van der Waals surface area contributed by atoms with Crippen LogP contribution in [0, 0.1) is 0 Å². The molecule has 102 valence electrons. The summed E-state index contributed by atoms with van der Waals surface area (Å²) in [5.74, 6) is 0. The minimum absolute atomic E-state index is 0.285. The van der Waals surface area contributed by atoms with Crippen molar-refractivity contribution in [1.82, 2.24) is 0 Å². The predicted molar refractivity (Wildman–Crippen MR) is 77.5 cm³/mol. The van der Waals surface area contributed by atoms with E-state index >= 15 is 0 Å². The summed E-state index contributed by atoms with van der Waals surface area (Å²) in [6, 6.07) is 7.30. The van der Waals surface area contributed by atoms with Crippen molar-refractivity contribution < 1.29 is 14.1 Å². The van der Waals surface area contributed by atoms with E-state index in [0.29, 0.717) is 33.3 Å². The summed E-state index contributed by atoms with van der Waals surface area (Å²) in [7, 11) is 0.445. The summed E-state index contributed by atoms with van der Waals surface area (Å²) < 4.78 is 10.3. The minimum atomic E-state index is -0.285. The third-order valence-corrected chi connectivity index (χ3v) is 2.79. The summed E-state index contributed by atoms with van der Waals surface area (Å²) in [5, 5.41) is 0.635. The maximum absolute atomic E-state index is 10.4. The van der Waals surface area contributed by atoms with Crippen molar-refractivity contribution in [2.75, 3.05) is 13.3 Å². The first-order chi connectivity index (χ1) is 8.77. The van der Waals surface area contributed by atoms with Crippen LogP contribution in [-0.2, 0) is 14.1 Å². The molecule has 0 N–H and O–H groups in total. The standard InChI is InChI=1S/C11H14ClO3P.C2H6/c1-16-15-6-5-11(14-8-13)9-3-2-4-10(12)7-9;1-2/h2-4,7-8,11,16H,5-6H2,1H3;1-2H3/t11-;/m1./s1. The minimum Gasteiger partial charge on any atom is -0.460 e. The van der Waals surface area contributed by atoms with Crippen LogP contribution in [0.5, 0.6) is 0 Å². The Kier molecular flexibility index (Phi) is 11.1. The summed E-state index contributed by atoms with van der Waals surface area (Å²) in [6.45, 7) is 6.98. The van der Waals surface area contributed by atoms with Gasteiger partial charge in [0.15, 0.2) is 0 Å². The molecule has 0 heterocycles. The number of rotatable bonds is 7. The van der Waals surface area contributed by atoms with Crippen LogP contribution < -0.4 is 0 Å². The van der Waals surface area contributed by atoms with Crippen LogP contribution >= 0.6 is 20.4 Å². The molecule has 18 heavy (non-hydrogen) atoms. The number of carbonyl (C=O) groups is 1. The molecule has 3 nitrogen and oxygen atoms in total. The van der Waals surface area contributed by atoms with Crippen LogP contribution in [0.3, 0.4) is 0 Å².